The smallest absolute Gasteiger partial charge is 0.175 e. The second-order valence-corrected chi connectivity index (χ2v) is 9.85. The van der Waals surface area contributed by atoms with Crippen molar-refractivity contribution in [1.29, 1.82) is 0 Å². The van der Waals surface area contributed by atoms with E-state index in [2.05, 4.69) is 12.0 Å². The van der Waals surface area contributed by atoms with Gasteiger partial charge in [0, 0.05) is 11.1 Å². The van der Waals surface area contributed by atoms with Crippen molar-refractivity contribution in [2.75, 3.05) is 6.26 Å². The highest BCUT2D eigenvalue weighted by Gasteiger charge is 2.15. The van der Waals surface area contributed by atoms with Gasteiger partial charge in [-0.3, -0.25) is 0 Å². The molecule has 0 spiro atoms. The van der Waals surface area contributed by atoms with Crippen molar-refractivity contribution in [3.05, 3.63) is 84.4 Å². The Morgan fingerprint density at radius 2 is 1.75 bits per heavy atom. The Morgan fingerprint density at radius 3 is 2.50 bits per heavy atom. The highest BCUT2D eigenvalue weighted by atomic mass is 35.5. The van der Waals surface area contributed by atoms with E-state index in [9.17, 15) is 8.42 Å². The van der Waals surface area contributed by atoms with Gasteiger partial charge in [-0.1, -0.05) is 35.9 Å². The number of sulfone groups is 1. The molecule has 4 nitrogen and oxygen atoms in total. The minimum atomic E-state index is -3.26. The maximum Gasteiger partial charge on any atom is 0.175 e. The Hall–Kier alpha value is -2.41. The average molecular weight is 428 g/mol. The number of thiophene rings is 1. The number of aromatic nitrogens is 2. The van der Waals surface area contributed by atoms with Gasteiger partial charge in [0.25, 0.3) is 0 Å². The summed E-state index contributed by atoms with van der Waals surface area (Å²) in [4.78, 5) is 2.27. The van der Waals surface area contributed by atoms with Gasteiger partial charge in [-0.2, -0.15) is 5.10 Å². The third-order valence-electron chi connectivity index (χ3n) is 4.25. The van der Waals surface area contributed by atoms with Crippen LogP contribution in [0.5, 0.6) is 0 Å². The molecule has 2 aromatic carbocycles. The normalized spacial score (nSPS) is 11.7. The molecule has 0 atom stereocenters. The largest absolute Gasteiger partial charge is 0.230 e. The molecule has 0 saturated carbocycles. The number of benzene rings is 2. The van der Waals surface area contributed by atoms with Crippen molar-refractivity contribution in [2.24, 2.45) is 0 Å². The zero-order valence-corrected chi connectivity index (χ0v) is 17.4. The van der Waals surface area contributed by atoms with Gasteiger partial charge < -0.3 is 0 Å². The van der Waals surface area contributed by atoms with Gasteiger partial charge in [0.15, 0.2) is 9.84 Å². The molecular weight excluding hydrogens is 412 g/mol. The van der Waals surface area contributed by atoms with Crippen LogP contribution >= 0.6 is 22.9 Å². The molecule has 0 bridgehead atoms. The number of rotatable bonds is 4. The molecule has 0 fully saturated rings. The van der Waals surface area contributed by atoms with Crippen molar-refractivity contribution in [1.82, 2.24) is 9.78 Å². The van der Waals surface area contributed by atoms with Crippen molar-refractivity contribution in [3.8, 4) is 26.7 Å². The van der Waals surface area contributed by atoms with Crippen LogP contribution in [0.3, 0.4) is 0 Å². The van der Waals surface area contributed by atoms with E-state index in [1.165, 1.54) is 6.26 Å². The summed E-state index contributed by atoms with van der Waals surface area (Å²) in [6.45, 7) is 3.95. The second-order valence-electron chi connectivity index (χ2n) is 6.35. The molecule has 0 aliphatic carbocycles. The van der Waals surface area contributed by atoms with Crippen molar-refractivity contribution < 1.29 is 8.42 Å². The summed E-state index contributed by atoms with van der Waals surface area (Å²) in [7, 11) is -3.26. The van der Waals surface area contributed by atoms with Gasteiger partial charge in [0.1, 0.15) is 0 Å². The highest BCUT2D eigenvalue weighted by molar-refractivity contribution is 7.90. The topological polar surface area (TPSA) is 52.0 Å². The van der Waals surface area contributed by atoms with Gasteiger partial charge in [0.2, 0.25) is 0 Å². The molecule has 28 heavy (non-hydrogen) atoms. The number of hydrogen-bond donors (Lipinski definition) is 0. The van der Waals surface area contributed by atoms with Gasteiger partial charge in [-0.15, -0.1) is 11.3 Å². The first-order valence-electron chi connectivity index (χ1n) is 8.40. The third-order valence-corrected chi connectivity index (χ3v) is 6.83. The Labute approximate surface area is 173 Å². The van der Waals surface area contributed by atoms with E-state index in [1.807, 2.05) is 48.5 Å². The first-order chi connectivity index (χ1) is 13.3. The second kappa shape index (κ2) is 7.20. The van der Waals surface area contributed by atoms with Crippen molar-refractivity contribution in [2.45, 2.75) is 4.90 Å². The number of halogens is 1. The van der Waals surface area contributed by atoms with E-state index in [0.717, 1.165) is 26.7 Å². The maximum atomic E-state index is 11.9. The van der Waals surface area contributed by atoms with E-state index in [-0.39, 0.29) is 0 Å². The minimum absolute atomic E-state index is 0.307. The van der Waals surface area contributed by atoms with E-state index in [1.54, 1.807) is 34.2 Å². The lowest BCUT2D eigenvalue weighted by Gasteiger charge is -2.08. The van der Waals surface area contributed by atoms with Crippen molar-refractivity contribution >= 4 is 32.8 Å². The van der Waals surface area contributed by atoms with Crippen LogP contribution in [0.1, 0.15) is 5.69 Å². The van der Waals surface area contributed by atoms with E-state index in [4.69, 9.17) is 11.6 Å². The molecule has 2 aromatic heterocycles. The lowest BCUT2D eigenvalue weighted by atomic mass is 10.2. The zero-order chi connectivity index (χ0) is 19.9. The van der Waals surface area contributed by atoms with Crippen LogP contribution in [0.25, 0.3) is 26.7 Å². The minimum Gasteiger partial charge on any atom is -0.230 e. The van der Waals surface area contributed by atoms with Crippen LogP contribution in [-0.2, 0) is 9.84 Å². The molecule has 0 amide bonds. The summed E-state index contributed by atoms with van der Waals surface area (Å²) in [5.74, 6) is 0. The molecule has 0 unspecified atom stereocenters. The predicted octanol–water partition coefficient (Wildman–Crippen LogP) is 5.51. The number of hydrogen-bond acceptors (Lipinski definition) is 4. The molecule has 4 aromatic rings. The van der Waals surface area contributed by atoms with Crippen LogP contribution in [-0.4, -0.2) is 24.5 Å². The fourth-order valence-electron chi connectivity index (χ4n) is 2.92. The number of nitrogens with zero attached hydrogens (tertiary/aromatic N) is 2. The predicted molar refractivity (Wildman–Crippen MR) is 115 cm³/mol. The van der Waals surface area contributed by atoms with Crippen LogP contribution in [0.15, 0.2) is 71.6 Å². The molecule has 0 aliphatic heterocycles. The summed E-state index contributed by atoms with van der Waals surface area (Å²) in [5.41, 5.74) is 3.17. The Morgan fingerprint density at radius 1 is 1.00 bits per heavy atom. The summed E-state index contributed by atoms with van der Waals surface area (Å²) in [5, 5.41) is 5.10. The lowest BCUT2D eigenvalue weighted by molar-refractivity contribution is 0.602. The van der Waals surface area contributed by atoms with Crippen molar-refractivity contribution in [3.63, 3.8) is 0 Å². The number of para-hydroxylation sites is 1. The van der Waals surface area contributed by atoms with Gasteiger partial charge >= 0.3 is 0 Å². The Balaban J connectivity index is 1.79. The molecular formula is C21H16ClN2O2S2. The third kappa shape index (κ3) is 3.63. The molecule has 4 rings (SSSR count). The van der Waals surface area contributed by atoms with Crippen LogP contribution in [0.2, 0.25) is 5.02 Å². The summed E-state index contributed by atoms with van der Waals surface area (Å²) < 4.78 is 25.5. The van der Waals surface area contributed by atoms with Gasteiger partial charge in [-0.05, 0) is 55.0 Å². The molecule has 0 saturated heterocycles. The molecule has 7 heteroatoms. The monoisotopic (exact) mass is 427 g/mol. The Bertz CT molecular complexity index is 1270. The van der Waals surface area contributed by atoms with E-state index in [0.29, 0.717) is 15.6 Å². The molecule has 141 valence electrons. The lowest BCUT2D eigenvalue weighted by Crippen LogP contribution is -1.99. The summed E-state index contributed by atoms with van der Waals surface area (Å²) in [6, 6.07) is 20.4. The molecule has 0 N–H and O–H groups in total. The summed E-state index contributed by atoms with van der Waals surface area (Å²) in [6.07, 6.45) is 1.21. The average Bonchev–Trinajstić information content (AvgIpc) is 3.28. The fourth-order valence-corrected chi connectivity index (χ4v) is 4.81. The van der Waals surface area contributed by atoms with Crippen LogP contribution in [0.4, 0.5) is 0 Å². The molecule has 1 radical (unpaired) electrons. The first-order valence-corrected chi connectivity index (χ1v) is 11.5. The SMILES string of the molecule is [CH2]c1cc(-c2ccc(-c3cccc(S(C)(=O)=O)c3)s2)n(-c2ccccc2Cl)n1. The Kier molecular flexibility index (Phi) is 4.87. The standard InChI is InChI=1S/C21H16ClN2O2S2/c1-14-12-19(24(23-14)18-9-4-3-8-17(18)22)21-11-10-20(27-21)15-6-5-7-16(13-15)28(2,25)26/h3-13H,1H2,2H3. The van der Waals surface area contributed by atoms with Crippen LogP contribution in [0, 0.1) is 6.92 Å². The van der Waals surface area contributed by atoms with Gasteiger partial charge in [0.05, 0.1) is 31.9 Å². The zero-order valence-electron chi connectivity index (χ0n) is 15.0. The quantitative estimate of drug-likeness (QED) is 0.431. The fraction of sp³-hybridized carbons (Fsp3) is 0.0476. The maximum absolute atomic E-state index is 11.9. The molecule has 2 heterocycles. The highest BCUT2D eigenvalue weighted by Crippen LogP contribution is 2.37. The van der Waals surface area contributed by atoms with E-state index >= 15 is 0 Å². The van der Waals surface area contributed by atoms with E-state index < -0.39 is 9.84 Å². The first kappa shape index (κ1) is 18.9. The molecule has 0 aliphatic rings. The van der Waals surface area contributed by atoms with Crippen LogP contribution < -0.4 is 0 Å². The van der Waals surface area contributed by atoms with Gasteiger partial charge in [-0.25, -0.2) is 13.1 Å². The summed E-state index contributed by atoms with van der Waals surface area (Å²) >= 11 is 7.91.